The Hall–Kier alpha value is -3.24. The van der Waals surface area contributed by atoms with Crippen molar-refractivity contribution in [3.8, 4) is 5.82 Å². The van der Waals surface area contributed by atoms with Crippen molar-refractivity contribution in [2.45, 2.75) is 0 Å². The van der Waals surface area contributed by atoms with Crippen molar-refractivity contribution in [3.63, 3.8) is 0 Å². The average Bonchev–Trinajstić information content (AvgIpc) is 3.23. The summed E-state index contributed by atoms with van der Waals surface area (Å²) < 4.78 is 1.46. The molecule has 10 nitrogen and oxygen atoms in total. The molecule has 0 unspecified atom stereocenters. The van der Waals surface area contributed by atoms with Gasteiger partial charge in [-0.3, -0.25) is 0 Å². The molecule has 2 N–H and O–H groups in total. The highest BCUT2D eigenvalue weighted by Gasteiger charge is 2.10. The predicted octanol–water partition coefficient (Wildman–Crippen LogP) is 2.66. The van der Waals surface area contributed by atoms with Crippen LogP contribution in [-0.4, -0.2) is 40.6 Å². The maximum atomic E-state index is 12.1. The molecule has 0 spiro atoms. The summed E-state index contributed by atoms with van der Waals surface area (Å²) in [5.74, 6) is 0.354. The number of nitrogens with one attached hydrogen (secondary N) is 2. The average molecular weight is 390 g/mol. The highest BCUT2D eigenvalue weighted by molar-refractivity contribution is 6.32. The first-order valence-corrected chi connectivity index (χ1v) is 7.95. The highest BCUT2D eigenvalue weighted by atomic mass is 35.5. The van der Waals surface area contributed by atoms with Gasteiger partial charge in [0.25, 0.3) is 0 Å². The van der Waals surface area contributed by atoms with Gasteiger partial charge in [0.15, 0.2) is 16.6 Å². The lowest BCUT2D eigenvalue weighted by Crippen LogP contribution is -2.20. The smallest absolute Gasteiger partial charge is 0.306 e. The highest BCUT2D eigenvalue weighted by Crippen LogP contribution is 2.21. The van der Waals surface area contributed by atoms with Gasteiger partial charge in [0.1, 0.15) is 0 Å². The maximum Gasteiger partial charge on any atom is 0.323 e. The minimum Gasteiger partial charge on any atom is -0.306 e. The number of hydrogen-bond acceptors (Lipinski definition) is 6. The van der Waals surface area contributed by atoms with E-state index in [1.165, 1.54) is 34.1 Å². The molecule has 2 amide bonds. The number of carbonyl (C=O) groups is 1. The number of anilines is 2. The Morgan fingerprint density at radius 2 is 1.73 bits per heavy atom. The topological polar surface area (TPSA) is 115 Å². The molecule has 0 radical (unpaired) electrons. The predicted molar refractivity (Wildman–Crippen MR) is 94.8 cm³/mol. The number of aromatic nitrogens is 7. The third-order valence-corrected chi connectivity index (χ3v) is 3.69. The fourth-order valence-electron chi connectivity index (χ4n) is 2.18. The molecule has 0 aliphatic heterocycles. The largest absolute Gasteiger partial charge is 0.323 e. The molecule has 0 saturated heterocycles. The van der Waals surface area contributed by atoms with Crippen LogP contribution in [0.4, 0.5) is 16.2 Å². The van der Waals surface area contributed by atoms with Crippen LogP contribution in [-0.2, 0) is 0 Å². The molecule has 0 aliphatic rings. The Morgan fingerprint density at radius 3 is 2.50 bits per heavy atom. The Bertz CT molecular complexity index is 1090. The Balaban J connectivity index is 1.48. The number of hydrogen-bond donors (Lipinski definition) is 2. The van der Waals surface area contributed by atoms with Crippen LogP contribution in [0, 0.1) is 0 Å². The molecule has 0 aromatic carbocycles. The van der Waals surface area contributed by atoms with Crippen LogP contribution in [0.25, 0.3) is 11.5 Å². The van der Waals surface area contributed by atoms with Crippen LogP contribution in [0.5, 0.6) is 0 Å². The van der Waals surface area contributed by atoms with Gasteiger partial charge in [0.2, 0.25) is 0 Å². The SMILES string of the molecule is O=C(Nc1cnc(-n2nccn2)c(Cl)c1)Nc1cnc2cc(Cl)nn2c1. The van der Waals surface area contributed by atoms with Gasteiger partial charge in [-0.2, -0.15) is 15.3 Å². The van der Waals surface area contributed by atoms with Gasteiger partial charge in [-0.25, -0.2) is 19.3 Å². The minimum absolute atomic E-state index is 0.285. The van der Waals surface area contributed by atoms with Gasteiger partial charge >= 0.3 is 6.03 Å². The quantitative estimate of drug-likeness (QED) is 0.556. The van der Waals surface area contributed by atoms with E-state index >= 15 is 0 Å². The van der Waals surface area contributed by atoms with E-state index in [1.807, 2.05) is 0 Å². The third-order valence-electron chi connectivity index (χ3n) is 3.23. The second kappa shape index (κ2) is 6.58. The second-order valence-corrected chi connectivity index (χ2v) is 5.83. The zero-order valence-corrected chi connectivity index (χ0v) is 14.3. The van der Waals surface area contributed by atoms with Crippen LogP contribution < -0.4 is 10.6 Å². The van der Waals surface area contributed by atoms with Crippen LogP contribution in [0.15, 0.2) is 43.1 Å². The Morgan fingerprint density at radius 1 is 1.00 bits per heavy atom. The normalized spacial score (nSPS) is 10.8. The van der Waals surface area contributed by atoms with E-state index in [2.05, 4.69) is 35.9 Å². The summed E-state index contributed by atoms with van der Waals surface area (Å²) in [4.78, 5) is 21.7. The monoisotopic (exact) mass is 389 g/mol. The van der Waals surface area contributed by atoms with Gasteiger partial charge in [0.05, 0.1) is 47.4 Å². The lowest BCUT2D eigenvalue weighted by Gasteiger charge is -2.09. The lowest BCUT2D eigenvalue weighted by atomic mass is 10.4. The number of halogens is 2. The number of urea groups is 1. The van der Waals surface area contributed by atoms with Crippen molar-refractivity contribution < 1.29 is 4.79 Å². The molecule has 0 saturated carbocycles. The minimum atomic E-state index is -0.493. The van der Waals surface area contributed by atoms with Crippen LogP contribution in [0.2, 0.25) is 10.2 Å². The van der Waals surface area contributed by atoms with Crippen molar-refractivity contribution in [1.29, 1.82) is 0 Å². The molecular weight excluding hydrogens is 381 g/mol. The first kappa shape index (κ1) is 16.2. The summed E-state index contributed by atoms with van der Waals surface area (Å²) in [6.45, 7) is 0. The maximum absolute atomic E-state index is 12.1. The van der Waals surface area contributed by atoms with Gasteiger partial charge in [0, 0.05) is 6.07 Å². The summed E-state index contributed by atoms with van der Waals surface area (Å²) in [5.41, 5.74) is 1.41. The molecule has 26 heavy (non-hydrogen) atoms. The zero-order chi connectivity index (χ0) is 18.1. The molecule has 0 fully saturated rings. The number of pyridine rings is 1. The van der Waals surface area contributed by atoms with Crippen molar-refractivity contribution in [2.24, 2.45) is 0 Å². The number of rotatable bonds is 3. The molecule has 4 rings (SSSR count). The first-order valence-electron chi connectivity index (χ1n) is 7.20. The summed E-state index contributed by atoms with van der Waals surface area (Å²) >= 11 is 12.0. The standard InChI is InChI=1S/C14H9Cl2N9O/c15-10-3-8(5-18-13(10)25-19-1-2-20-25)21-14(26)22-9-6-17-12-4-11(16)23-24(12)7-9/h1-7H,(H2,21,22,26). The Labute approximate surface area is 155 Å². The van der Waals surface area contributed by atoms with Gasteiger partial charge in [-0.1, -0.05) is 23.2 Å². The molecule has 0 atom stereocenters. The summed E-state index contributed by atoms with van der Waals surface area (Å²) in [7, 11) is 0. The Kier molecular flexibility index (Phi) is 4.11. The summed E-state index contributed by atoms with van der Waals surface area (Å²) in [6, 6.07) is 2.66. The van der Waals surface area contributed by atoms with E-state index in [9.17, 15) is 4.79 Å². The van der Waals surface area contributed by atoms with Crippen molar-refractivity contribution >= 4 is 46.3 Å². The number of amides is 2. The number of nitrogens with zero attached hydrogens (tertiary/aromatic N) is 7. The fraction of sp³-hybridized carbons (Fsp3) is 0. The number of carbonyl (C=O) groups excluding carboxylic acids is 1. The van der Waals surface area contributed by atoms with Crippen LogP contribution >= 0.6 is 23.2 Å². The van der Waals surface area contributed by atoms with Crippen molar-refractivity contribution in [1.82, 2.24) is 34.6 Å². The molecule has 4 aromatic rings. The molecule has 0 bridgehead atoms. The second-order valence-electron chi connectivity index (χ2n) is 5.04. The molecule has 4 heterocycles. The molecular formula is C14H9Cl2N9O. The van der Waals surface area contributed by atoms with Gasteiger partial charge in [-0.15, -0.1) is 4.80 Å². The summed E-state index contributed by atoms with van der Waals surface area (Å²) in [6.07, 6.45) is 7.54. The fourth-order valence-corrected chi connectivity index (χ4v) is 2.60. The van der Waals surface area contributed by atoms with E-state index in [-0.39, 0.29) is 5.02 Å². The number of fused-ring (bicyclic) bond motifs is 1. The summed E-state index contributed by atoms with van der Waals surface area (Å²) in [5, 5.41) is 17.8. The zero-order valence-electron chi connectivity index (χ0n) is 12.8. The molecule has 4 aromatic heterocycles. The van der Waals surface area contributed by atoms with Gasteiger partial charge in [-0.05, 0) is 6.07 Å². The van der Waals surface area contributed by atoms with Crippen LogP contribution in [0.1, 0.15) is 0 Å². The van der Waals surface area contributed by atoms with Crippen molar-refractivity contribution in [2.75, 3.05) is 10.6 Å². The first-order chi connectivity index (χ1) is 12.6. The van der Waals surface area contributed by atoms with E-state index in [0.717, 1.165) is 0 Å². The lowest BCUT2D eigenvalue weighted by molar-refractivity contribution is 0.262. The van der Waals surface area contributed by atoms with E-state index < -0.39 is 6.03 Å². The van der Waals surface area contributed by atoms with Gasteiger partial charge < -0.3 is 10.6 Å². The van der Waals surface area contributed by atoms with E-state index in [4.69, 9.17) is 23.2 Å². The van der Waals surface area contributed by atoms with Crippen LogP contribution in [0.3, 0.4) is 0 Å². The van der Waals surface area contributed by atoms with E-state index in [1.54, 1.807) is 18.3 Å². The third kappa shape index (κ3) is 3.27. The molecule has 12 heteroatoms. The molecule has 130 valence electrons. The van der Waals surface area contributed by atoms with E-state index in [0.29, 0.717) is 28.0 Å². The van der Waals surface area contributed by atoms with Crippen molar-refractivity contribution in [3.05, 3.63) is 53.3 Å². The molecule has 0 aliphatic carbocycles.